The van der Waals surface area contributed by atoms with E-state index >= 15 is 0 Å². The molecule has 0 spiro atoms. The van der Waals surface area contributed by atoms with Crippen molar-refractivity contribution in [2.45, 2.75) is 13.3 Å². The van der Waals surface area contributed by atoms with Gasteiger partial charge in [-0.25, -0.2) is 18.9 Å². The molecule has 0 saturated carbocycles. The van der Waals surface area contributed by atoms with Gasteiger partial charge >= 0.3 is 0 Å². The summed E-state index contributed by atoms with van der Waals surface area (Å²) in [5.74, 6) is -0.107. The van der Waals surface area contributed by atoms with Crippen molar-refractivity contribution in [2.24, 2.45) is 0 Å². The minimum Gasteiger partial charge on any atom is -0.370 e. The number of rotatable bonds is 4. The van der Waals surface area contributed by atoms with Crippen LogP contribution in [0, 0.1) is 12.7 Å². The van der Waals surface area contributed by atoms with Crippen molar-refractivity contribution in [2.75, 3.05) is 36.4 Å². The second kappa shape index (κ2) is 9.45. The highest BCUT2D eigenvalue weighted by Crippen LogP contribution is 2.27. The summed E-state index contributed by atoms with van der Waals surface area (Å²) < 4.78 is 17.5. The fourth-order valence-corrected chi connectivity index (χ4v) is 5.06. The van der Waals surface area contributed by atoms with Gasteiger partial charge in [-0.15, -0.1) is 0 Å². The maximum atomic E-state index is 14.7. The quantitative estimate of drug-likeness (QED) is 0.370. The molecular weight excluding hydrogens is 495 g/mol. The van der Waals surface area contributed by atoms with E-state index in [9.17, 15) is 9.18 Å². The molecule has 0 aliphatic carbocycles. The molecule has 4 heterocycles. The maximum Gasteiger partial charge on any atom is 0.270 e. The lowest BCUT2D eigenvalue weighted by atomic mass is 10.1. The standard InChI is InChI=1S/C26H24ClFN8O/c1-16-14-17(6-7-21(16)34-11-3-8-29-9-12-34)32-25-31-15-18-23(33-25)35-13-10-30-26(35)36(24(18)37)22-19(27)4-2-5-20(22)28/h2,4-7,10,13-15,29H,3,8-9,11-12H2,1H3,(H,31,32,33). The molecule has 0 bridgehead atoms. The van der Waals surface area contributed by atoms with Crippen LogP contribution in [0.4, 0.5) is 21.7 Å². The van der Waals surface area contributed by atoms with Gasteiger partial charge < -0.3 is 15.5 Å². The molecule has 2 aromatic carbocycles. The number of anilines is 3. The molecule has 1 fully saturated rings. The molecule has 5 aromatic rings. The van der Waals surface area contributed by atoms with E-state index in [0.29, 0.717) is 11.6 Å². The van der Waals surface area contributed by atoms with Crippen LogP contribution in [0.1, 0.15) is 12.0 Å². The highest BCUT2D eigenvalue weighted by Gasteiger charge is 2.20. The van der Waals surface area contributed by atoms with Crippen LogP contribution in [-0.2, 0) is 0 Å². The van der Waals surface area contributed by atoms with Crippen LogP contribution in [0.25, 0.3) is 22.5 Å². The maximum absolute atomic E-state index is 14.7. The van der Waals surface area contributed by atoms with Gasteiger partial charge in [0.25, 0.3) is 5.56 Å². The Labute approximate surface area is 216 Å². The third-order valence-electron chi connectivity index (χ3n) is 6.55. The second-order valence-corrected chi connectivity index (χ2v) is 9.36. The van der Waals surface area contributed by atoms with Crippen molar-refractivity contribution in [3.8, 4) is 5.69 Å². The normalized spacial score (nSPS) is 14.3. The summed E-state index contributed by atoms with van der Waals surface area (Å²) in [6, 6.07) is 10.4. The van der Waals surface area contributed by atoms with Crippen LogP contribution in [0.15, 0.2) is 59.8 Å². The number of benzene rings is 2. The Morgan fingerprint density at radius 2 is 2.03 bits per heavy atom. The molecule has 2 N–H and O–H groups in total. The number of halogens is 2. The van der Waals surface area contributed by atoms with Gasteiger partial charge in [-0.1, -0.05) is 17.7 Å². The number of hydrogen-bond donors (Lipinski definition) is 2. The molecule has 6 rings (SSSR count). The van der Waals surface area contributed by atoms with Gasteiger partial charge in [0.1, 0.15) is 16.9 Å². The van der Waals surface area contributed by atoms with Crippen LogP contribution >= 0.6 is 11.6 Å². The third-order valence-corrected chi connectivity index (χ3v) is 6.85. The van der Waals surface area contributed by atoms with Crippen molar-refractivity contribution in [3.05, 3.63) is 81.7 Å². The zero-order chi connectivity index (χ0) is 25.5. The third kappa shape index (κ3) is 4.17. The van der Waals surface area contributed by atoms with Crippen LogP contribution in [0.5, 0.6) is 0 Å². The molecule has 1 aliphatic rings. The molecule has 9 nitrogen and oxygen atoms in total. The summed E-state index contributed by atoms with van der Waals surface area (Å²) in [6.07, 6.45) is 5.73. The van der Waals surface area contributed by atoms with E-state index in [2.05, 4.69) is 49.5 Å². The number of para-hydroxylation sites is 1. The van der Waals surface area contributed by atoms with Crippen molar-refractivity contribution in [3.63, 3.8) is 0 Å². The lowest BCUT2D eigenvalue weighted by molar-refractivity contribution is 0.617. The van der Waals surface area contributed by atoms with Crippen molar-refractivity contribution in [1.29, 1.82) is 0 Å². The van der Waals surface area contributed by atoms with Crippen molar-refractivity contribution >= 4 is 45.7 Å². The first-order chi connectivity index (χ1) is 18.0. The molecule has 0 unspecified atom stereocenters. The molecule has 0 radical (unpaired) electrons. The van der Waals surface area contributed by atoms with Gasteiger partial charge in [0, 0.05) is 49.6 Å². The first-order valence-corrected chi connectivity index (χ1v) is 12.4. The minimum absolute atomic E-state index is 0.0646. The van der Waals surface area contributed by atoms with E-state index < -0.39 is 11.4 Å². The average Bonchev–Trinajstić information content (AvgIpc) is 3.21. The number of hydrogen-bond acceptors (Lipinski definition) is 7. The van der Waals surface area contributed by atoms with Crippen LogP contribution in [-0.4, -0.2) is 50.1 Å². The Kier molecular flexibility index (Phi) is 5.97. The molecule has 0 amide bonds. The first-order valence-electron chi connectivity index (χ1n) is 12.0. The summed E-state index contributed by atoms with van der Waals surface area (Å²) in [5.41, 5.74) is 2.96. The van der Waals surface area contributed by atoms with E-state index in [-0.39, 0.29) is 21.9 Å². The number of aryl methyl sites for hydroxylation is 1. The smallest absolute Gasteiger partial charge is 0.270 e. The van der Waals surface area contributed by atoms with Gasteiger partial charge in [-0.2, -0.15) is 4.98 Å². The predicted octanol–water partition coefficient (Wildman–Crippen LogP) is 4.07. The lowest BCUT2D eigenvalue weighted by Crippen LogP contribution is -2.28. The zero-order valence-electron chi connectivity index (χ0n) is 20.1. The fraction of sp³-hybridized carbons (Fsp3) is 0.231. The monoisotopic (exact) mass is 518 g/mol. The van der Waals surface area contributed by atoms with Gasteiger partial charge in [0.05, 0.1) is 5.02 Å². The summed E-state index contributed by atoms with van der Waals surface area (Å²) in [5, 5.41) is 6.98. The summed E-state index contributed by atoms with van der Waals surface area (Å²) in [7, 11) is 0. The molecular formula is C26H24ClFN8O. The fourth-order valence-electron chi connectivity index (χ4n) is 4.81. The van der Waals surface area contributed by atoms with Gasteiger partial charge in [0.15, 0.2) is 5.65 Å². The number of fused-ring (bicyclic) bond motifs is 3. The van der Waals surface area contributed by atoms with E-state index in [1.54, 1.807) is 10.6 Å². The highest BCUT2D eigenvalue weighted by molar-refractivity contribution is 6.32. The number of nitrogens with one attached hydrogen (secondary N) is 2. The number of aromatic nitrogens is 5. The number of nitrogens with zero attached hydrogens (tertiary/aromatic N) is 6. The SMILES string of the molecule is Cc1cc(Nc2ncc3c(=O)n(-c4c(F)cccc4Cl)c4nccn4c3n2)ccc1N1CCCNCC1. The van der Waals surface area contributed by atoms with Crippen LogP contribution in [0.3, 0.4) is 0 Å². The Morgan fingerprint density at radius 3 is 2.86 bits per heavy atom. The molecule has 188 valence electrons. The Balaban J connectivity index is 1.39. The Hall–Kier alpha value is -4.02. The highest BCUT2D eigenvalue weighted by atomic mass is 35.5. The van der Waals surface area contributed by atoms with E-state index in [1.807, 2.05) is 6.07 Å². The lowest BCUT2D eigenvalue weighted by Gasteiger charge is -2.24. The number of imidazole rings is 1. The molecule has 11 heteroatoms. The van der Waals surface area contributed by atoms with Gasteiger partial charge in [-0.05, 0) is 55.8 Å². The summed E-state index contributed by atoms with van der Waals surface area (Å²) in [6.45, 7) is 6.09. The van der Waals surface area contributed by atoms with E-state index in [1.165, 1.54) is 36.3 Å². The van der Waals surface area contributed by atoms with Crippen molar-refractivity contribution in [1.82, 2.24) is 29.2 Å². The van der Waals surface area contributed by atoms with E-state index in [0.717, 1.165) is 48.4 Å². The first kappa shape index (κ1) is 23.4. The van der Waals surface area contributed by atoms with Gasteiger partial charge in [-0.3, -0.25) is 9.20 Å². The second-order valence-electron chi connectivity index (χ2n) is 8.96. The van der Waals surface area contributed by atoms with Crippen LogP contribution in [0.2, 0.25) is 5.02 Å². The molecule has 1 aliphatic heterocycles. The molecule has 1 saturated heterocycles. The summed E-state index contributed by atoms with van der Waals surface area (Å²) >= 11 is 6.27. The molecule has 37 heavy (non-hydrogen) atoms. The predicted molar refractivity (Wildman–Crippen MR) is 143 cm³/mol. The van der Waals surface area contributed by atoms with E-state index in [4.69, 9.17) is 11.6 Å². The van der Waals surface area contributed by atoms with Crippen LogP contribution < -0.4 is 21.1 Å². The Bertz CT molecular complexity index is 1670. The van der Waals surface area contributed by atoms with Gasteiger partial charge in [0.2, 0.25) is 11.7 Å². The Morgan fingerprint density at radius 1 is 1.14 bits per heavy atom. The topological polar surface area (TPSA) is 92.4 Å². The average molecular weight is 519 g/mol. The van der Waals surface area contributed by atoms with Crippen molar-refractivity contribution < 1.29 is 4.39 Å². The molecule has 3 aromatic heterocycles. The largest absolute Gasteiger partial charge is 0.370 e. The zero-order valence-corrected chi connectivity index (χ0v) is 20.8. The molecule has 0 atom stereocenters. The summed E-state index contributed by atoms with van der Waals surface area (Å²) in [4.78, 5) is 29.1. The minimum atomic E-state index is -0.631.